The van der Waals surface area contributed by atoms with E-state index in [1.165, 1.54) is 23.6 Å². The normalized spacial score (nSPS) is 16.8. The third kappa shape index (κ3) is 2.04. The molecule has 20 heavy (non-hydrogen) atoms. The van der Waals surface area contributed by atoms with E-state index < -0.39 is 0 Å². The van der Waals surface area contributed by atoms with Gasteiger partial charge in [-0.25, -0.2) is 0 Å². The molecule has 102 valence electrons. The number of para-hydroxylation sites is 1. The lowest BCUT2D eigenvalue weighted by atomic mass is 10.1. The minimum absolute atomic E-state index is 0.568. The topological polar surface area (TPSA) is 37.2 Å². The van der Waals surface area contributed by atoms with Crippen LogP contribution in [0.5, 0.6) is 0 Å². The van der Waals surface area contributed by atoms with Crippen LogP contribution in [-0.2, 0) is 0 Å². The van der Waals surface area contributed by atoms with E-state index >= 15 is 0 Å². The van der Waals surface area contributed by atoms with Gasteiger partial charge in [0.25, 0.3) is 0 Å². The van der Waals surface area contributed by atoms with Gasteiger partial charge >= 0.3 is 0 Å². The maximum Gasteiger partial charge on any atom is 0.137 e. The zero-order valence-electron chi connectivity index (χ0n) is 11.4. The monoisotopic (exact) mass is 266 g/mol. The number of anilines is 1. The largest absolute Gasteiger partial charge is 0.456 e. The van der Waals surface area contributed by atoms with E-state index in [2.05, 4.69) is 41.0 Å². The van der Waals surface area contributed by atoms with Crippen LogP contribution in [0.25, 0.3) is 21.9 Å². The number of rotatable bonds is 2. The summed E-state index contributed by atoms with van der Waals surface area (Å²) in [6, 6.07) is 15.2. The molecule has 1 aliphatic heterocycles. The molecule has 1 aromatic heterocycles. The summed E-state index contributed by atoms with van der Waals surface area (Å²) in [6.07, 6.45) is 2.36. The van der Waals surface area contributed by atoms with Gasteiger partial charge in [-0.1, -0.05) is 18.2 Å². The SMILES string of the molecule is c1ccc2c(c1)oc1cc(NC3CCNCC3)ccc12. The van der Waals surface area contributed by atoms with Gasteiger partial charge in [0.2, 0.25) is 0 Å². The second-order valence-corrected chi connectivity index (χ2v) is 5.48. The van der Waals surface area contributed by atoms with Crippen LogP contribution in [0.4, 0.5) is 5.69 Å². The molecule has 0 radical (unpaired) electrons. The first-order valence-corrected chi connectivity index (χ1v) is 7.29. The quantitative estimate of drug-likeness (QED) is 0.741. The first-order chi connectivity index (χ1) is 9.90. The summed E-state index contributed by atoms with van der Waals surface area (Å²) in [5.41, 5.74) is 3.08. The van der Waals surface area contributed by atoms with Crippen molar-refractivity contribution in [3.63, 3.8) is 0 Å². The molecular formula is C17H18N2O. The molecule has 2 N–H and O–H groups in total. The highest BCUT2D eigenvalue weighted by Crippen LogP contribution is 2.30. The van der Waals surface area contributed by atoms with Gasteiger partial charge in [0, 0.05) is 28.6 Å². The van der Waals surface area contributed by atoms with E-state index in [9.17, 15) is 0 Å². The second kappa shape index (κ2) is 4.84. The number of hydrogen-bond acceptors (Lipinski definition) is 3. The van der Waals surface area contributed by atoms with Crippen molar-refractivity contribution in [1.29, 1.82) is 0 Å². The highest BCUT2D eigenvalue weighted by molar-refractivity contribution is 6.05. The number of hydrogen-bond donors (Lipinski definition) is 2. The van der Waals surface area contributed by atoms with Crippen molar-refractivity contribution in [1.82, 2.24) is 5.32 Å². The Labute approximate surface area is 118 Å². The van der Waals surface area contributed by atoms with Crippen LogP contribution in [0.1, 0.15) is 12.8 Å². The van der Waals surface area contributed by atoms with Crippen LogP contribution < -0.4 is 10.6 Å². The van der Waals surface area contributed by atoms with Crippen molar-refractivity contribution in [2.24, 2.45) is 0 Å². The zero-order chi connectivity index (χ0) is 13.4. The Bertz CT molecular complexity index is 741. The lowest BCUT2D eigenvalue weighted by Gasteiger charge is -2.24. The van der Waals surface area contributed by atoms with Crippen LogP contribution in [0.2, 0.25) is 0 Å². The van der Waals surface area contributed by atoms with Crippen LogP contribution in [0.15, 0.2) is 46.9 Å². The Morgan fingerprint density at radius 1 is 0.950 bits per heavy atom. The van der Waals surface area contributed by atoms with Gasteiger partial charge in [0.05, 0.1) is 0 Å². The Balaban J connectivity index is 1.69. The molecule has 2 heterocycles. The predicted molar refractivity (Wildman–Crippen MR) is 83.2 cm³/mol. The smallest absolute Gasteiger partial charge is 0.137 e. The van der Waals surface area contributed by atoms with Gasteiger partial charge in [-0.2, -0.15) is 0 Å². The Kier molecular flexibility index (Phi) is 2.85. The molecule has 2 aromatic carbocycles. The molecule has 3 heteroatoms. The number of piperidine rings is 1. The molecule has 1 fully saturated rings. The average molecular weight is 266 g/mol. The minimum Gasteiger partial charge on any atom is -0.456 e. The highest BCUT2D eigenvalue weighted by Gasteiger charge is 2.13. The van der Waals surface area contributed by atoms with Crippen LogP contribution >= 0.6 is 0 Å². The third-order valence-corrected chi connectivity index (χ3v) is 4.09. The highest BCUT2D eigenvalue weighted by atomic mass is 16.3. The van der Waals surface area contributed by atoms with Crippen molar-refractivity contribution in [2.45, 2.75) is 18.9 Å². The van der Waals surface area contributed by atoms with Crippen molar-refractivity contribution in [3.05, 3.63) is 42.5 Å². The molecule has 1 aliphatic rings. The van der Waals surface area contributed by atoms with E-state index in [1.54, 1.807) is 0 Å². The van der Waals surface area contributed by atoms with Crippen LogP contribution in [-0.4, -0.2) is 19.1 Å². The summed E-state index contributed by atoms with van der Waals surface area (Å²) in [5, 5.41) is 9.39. The number of benzene rings is 2. The summed E-state index contributed by atoms with van der Waals surface area (Å²) in [6.45, 7) is 2.20. The van der Waals surface area contributed by atoms with E-state index in [0.717, 1.165) is 29.9 Å². The molecule has 0 bridgehead atoms. The van der Waals surface area contributed by atoms with E-state index in [0.29, 0.717) is 6.04 Å². The van der Waals surface area contributed by atoms with Crippen LogP contribution in [0, 0.1) is 0 Å². The molecule has 0 atom stereocenters. The molecule has 0 saturated carbocycles. The fourth-order valence-corrected chi connectivity index (χ4v) is 3.02. The maximum absolute atomic E-state index is 5.93. The molecule has 0 spiro atoms. The van der Waals surface area contributed by atoms with Gasteiger partial charge < -0.3 is 15.1 Å². The molecule has 0 unspecified atom stereocenters. The van der Waals surface area contributed by atoms with Gasteiger partial charge in [-0.05, 0) is 44.1 Å². The zero-order valence-corrected chi connectivity index (χ0v) is 11.4. The molecule has 0 aliphatic carbocycles. The number of fused-ring (bicyclic) bond motifs is 3. The molecule has 0 amide bonds. The summed E-state index contributed by atoms with van der Waals surface area (Å²) in [4.78, 5) is 0. The number of furan rings is 1. The van der Waals surface area contributed by atoms with Gasteiger partial charge in [0.15, 0.2) is 0 Å². The van der Waals surface area contributed by atoms with E-state index in [4.69, 9.17) is 4.42 Å². The summed E-state index contributed by atoms with van der Waals surface area (Å²) < 4.78 is 5.93. The van der Waals surface area contributed by atoms with Crippen molar-refractivity contribution in [3.8, 4) is 0 Å². The fourth-order valence-electron chi connectivity index (χ4n) is 3.02. The van der Waals surface area contributed by atoms with Crippen molar-refractivity contribution in [2.75, 3.05) is 18.4 Å². The second-order valence-electron chi connectivity index (χ2n) is 5.48. The third-order valence-electron chi connectivity index (χ3n) is 4.09. The average Bonchev–Trinajstić information content (AvgIpc) is 2.86. The Morgan fingerprint density at radius 3 is 2.65 bits per heavy atom. The summed E-state index contributed by atoms with van der Waals surface area (Å²) in [5.74, 6) is 0. The number of nitrogens with one attached hydrogen (secondary N) is 2. The molecule has 4 rings (SSSR count). The van der Waals surface area contributed by atoms with E-state index in [-0.39, 0.29) is 0 Å². The van der Waals surface area contributed by atoms with Gasteiger partial charge in [0.1, 0.15) is 11.2 Å². The molecule has 3 nitrogen and oxygen atoms in total. The minimum atomic E-state index is 0.568. The summed E-state index contributed by atoms with van der Waals surface area (Å²) >= 11 is 0. The first-order valence-electron chi connectivity index (χ1n) is 7.29. The molecule has 1 saturated heterocycles. The van der Waals surface area contributed by atoms with E-state index in [1.807, 2.05) is 12.1 Å². The van der Waals surface area contributed by atoms with Crippen molar-refractivity contribution < 1.29 is 4.42 Å². The van der Waals surface area contributed by atoms with Crippen molar-refractivity contribution >= 4 is 27.6 Å². The van der Waals surface area contributed by atoms with Gasteiger partial charge in [-0.15, -0.1) is 0 Å². The fraction of sp³-hybridized carbons (Fsp3) is 0.294. The predicted octanol–water partition coefficient (Wildman–Crippen LogP) is 3.75. The maximum atomic E-state index is 5.93. The molecular weight excluding hydrogens is 248 g/mol. The summed E-state index contributed by atoms with van der Waals surface area (Å²) in [7, 11) is 0. The standard InChI is InChI=1S/C17H18N2O/c1-2-4-16-14(3-1)15-6-5-13(11-17(15)20-16)19-12-7-9-18-10-8-12/h1-6,11-12,18-19H,7-10H2. The van der Waals surface area contributed by atoms with Crippen LogP contribution in [0.3, 0.4) is 0 Å². The Morgan fingerprint density at radius 2 is 1.75 bits per heavy atom. The lowest BCUT2D eigenvalue weighted by Crippen LogP contribution is -2.35. The Hall–Kier alpha value is -2.00. The lowest BCUT2D eigenvalue weighted by molar-refractivity contribution is 0.479. The first kappa shape index (κ1) is 11.8. The molecule has 3 aromatic rings. The van der Waals surface area contributed by atoms with Gasteiger partial charge in [-0.3, -0.25) is 0 Å².